The van der Waals surface area contributed by atoms with Crippen molar-refractivity contribution in [3.05, 3.63) is 100 Å². The number of nitrogens with one attached hydrogen (secondary N) is 1. The molecule has 6 heteroatoms. The van der Waals surface area contributed by atoms with Crippen LogP contribution in [-0.2, 0) is 0 Å². The van der Waals surface area contributed by atoms with E-state index in [2.05, 4.69) is 10.3 Å². The van der Waals surface area contributed by atoms with Gasteiger partial charge in [-0.15, -0.1) is 0 Å². The summed E-state index contributed by atoms with van der Waals surface area (Å²) in [7, 11) is 0. The van der Waals surface area contributed by atoms with Crippen LogP contribution in [0.25, 0.3) is 27.2 Å². The molecule has 1 aliphatic carbocycles. The number of benzene rings is 3. The van der Waals surface area contributed by atoms with Gasteiger partial charge in [0.2, 0.25) is 5.89 Å². The Hall–Kier alpha value is -4.19. The molecule has 1 amide bonds. The van der Waals surface area contributed by atoms with Crippen molar-refractivity contribution in [1.82, 2.24) is 10.3 Å². The Morgan fingerprint density at radius 2 is 1.81 bits per heavy atom. The molecular weight excluding hydrogens is 404 g/mol. The maximum atomic E-state index is 13.1. The van der Waals surface area contributed by atoms with Crippen molar-refractivity contribution in [3.8, 4) is 5.75 Å². The quantitative estimate of drug-likeness (QED) is 0.494. The van der Waals surface area contributed by atoms with Crippen LogP contribution in [0.2, 0.25) is 0 Å². The van der Waals surface area contributed by atoms with Crippen LogP contribution >= 0.6 is 0 Å². The van der Waals surface area contributed by atoms with Gasteiger partial charge < -0.3 is 14.8 Å². The Morgan fingerprint density at radius 1 is 1.09 bits per heavy atom. The number of phenols is 1. The van der Waals surface area contributed by atoms with Crippen molar-refractivity contribution in [1.29, 1.82) is 0 Å². The Kier molecular flexibility index (Phi) is 4.82. The van der Waals surface area contributed by atoms with Gasteiger partial charge in [0, 0.05) is 5.70 Å². The van der Waals surface area contributed by atoms with Crippen LogP contribution in [0.4, 0.5) is 0 Å². The Labute approximate surface area is 183 Å². The predicted octanol–water partition coefficient (Wildman–Crippen LogP) is 4.78. The number of aromatic hydroxyl groups is 1. The smallest absolute Gasteiger partial charge is 0.347 e. The van der Waals surface area contributed by atoms with Crippen LogP contribution in [0.15, 0.2) is 87.7 Å². The van der Waals surface area contributed by atoms with E-state index in [1.54, 1.807) is 36.4 Å². The number of carbonyl (C=O) groups is 1. The summed E-state index contributed by atoms with van der Waals surface area (Å²) in [4.78, 5) is 30.0. The van der Waals surface area contributed by atoms with Crippen LogP contribution in [0, 0.1) is 5.92 Å². The molecule has 6 nitrogen and oxygen atoms in total. The second-order valence-electron chi connectivity index (χ2n) is 7.93. The summed E-state index contributed by atoms with van der Waals surface area (Å²) in [6.07, 6.45) is 4.32. The maximum Gasteiger partial charge on any atom is 0.347 e. The van der Waals surface area contributed by atoms with Crippen molar-refractivity contribution >= 4 is 33.2 Å². The van der Waals surface area contributed by atoms with E-state index in [4.69, 9.17) is 4.42 Å². The topological polar surface area (TPSA) is 92.4 Å². The first kappa shape index (κ1) is 19.8. The van der Waals surface area contributed by atoms with Gasteiger partial charge in [0.1, 0.15) is 5.75 Å². The van der Waals surface area contributed by atoms with E-state index in [1.807, 2.05) is 43.3 Å². The highest BCUT2D eigenvalue weighted by Crippen LogP contribution is 2.30. The van der Waals surface area contributed by atoms with Gasteiger partial charge in [0.25, 0.3) is 5.91 Å². The molecule has 1 aromatic heterocycles. The van der Waals surface area contributed by atoms with Gasteiger partial charge in [0.05, 0.1) is 22.0 Å². The first-order chi connectivity index (χ1) is 15.5. The molecular formula is C26H20N2O4. The van der Waals surface area contributed by atoms with Crippen LogP contribution < -0.4 is 10.9 Å². The van der Waals surface area contributed by atoms with E-state index < -0.39 is 11.5 Å². The van der Waals surface area contributed by atoms with Crippen molar-refractivity contribution in [2.75, 3.05) is 0 Å². The van der Waals surface area contributed by atoms with E-state index in [-0.39, 0.29) is 23.1 Å². The summed E-state index contributed by atoms with van der Waals surface area (Å²) in [6.45, 7) is 2.02. The lowest BCUT2D eigenvalue weighted by Gasteiger charge is -2.20. The minimum atomic E-state index is -0.483. The first-order valence-electron chi connectivity index (χ1n) is 10.3. The first-order valence-corrected chi connectivity index (χ1v) is 10.3. The van der Waals surface area contributed by atoms with Gasteiger partial charge in [-0.05, 0) is 47.4 Å². The summed E-state index contributed by atoms with van der Waals surface area (Å²) in [5.74, 6) is -0.217. The molecule has 1 atom stereocenters. The minimum absolute atomic E-state index is 0.0990. The summed E-state index contributed by atoms with van der Waals surface area (Å²) in [5, 5.41) is 15.4. The number of amides is 1. The number of rotatable bonds is 3. The minimum Gasteiger partial charge on any atom is -0.507 e. The second-order valence-corrected chi connectivity index (χ2v) is 7.93. The fraction of sp³-hybridized carbons (Fsp3) is 0.115. The largest absolute Gasteiger partial charge is 0.507 e. The number of nitrogens with zero attached hydrogens (tertiary/aromatic N) is 1. The van der Waals surface area contributed by atoms with Crippen molar-refractivity contribution in [2.24, 2.45) is 5.92 Å². The van der Waals surface area contributed by atoms with Crippen molar-refractivity contribution in [2.45, 2.75) is 13.3 Å². The molecule has 2 N–H and O–H groups in total. The molecule has 0 spiro atoms. The fourth-order valence-electron chi connectivity index (χ4n) is 3.93. The number of hydrogen-bond donors (Lipinski definition) is 2. The predicted molar refractivity (Wildman–Crippen MR) is 123 cm³/mol. The van der Waals surface area contributed by atoms with Crippen LogP contribution in [0.5, 0.6) is 5.75 Å². The molecule has 0 aliphatic heterocycles. The van der Waals surface area contributed by atoms with Crippen molar-refractivity contribution in [3.63, 3.8) is 0 Å². The third-order valence-corrected chi connectivity index (χ3v) is 5.58. The van der Waals surface area contributed by atoms with E-state index >= 15 is 0 Å². The molecule has 1 unspecified atom stereocenters. The molecule has 0 bridgehead atoms. The van der Waals surface area contributed by atoms with E-state index in [9.17, 15) is 14.7 Å². The fourth-order valence-corrected chi connectivity index (χ4v) is 3.93. The molecule has 1 aliphatic rings. The Balaban J connectivity index is 1.57. The molecule has 32 heavy (non-hydrogen) atoms. The molecule has 1 heterocycles. The highest BCUT2D eigenvalue weighted by atomic mass is 16.4. The molecule has 158 valence electrons. The average Bonchev–Trinajstić information content (AvgIpc) is 2.78. The van der Waals surface area contributed by atoms with Crippen LogP contribution in [0.3, 0.4) is 0 Å². The zero-order valence-corrected chi connectivity index (χ0v) is 17.3. The van der Waals surface area contributed by atoms with Gasteiger partial charge in [0.15, 0.2) is 0 Å². The molecule has 0 fully saturated rings. The Bertz CT molecular complexity index is 1500. The lowest BCUT2D eigenvalue weighted by atomic mass is 9.94. The maximum absolute atomic E-state index is 13.1. The molecule has 0 radical (unpaired) electrons. The average molecular weight is 424 g/mol. The normalized spacial score (nSPS) is 16.0. The molecule has 5 rings (SSSR count). The lowest BCUT2D eigenvalue weighted by Crippen LogP contribution is -2.26. The van der Waals surface area contributed by atoms with Gasteiger partial charge >= 0.3 is 5.63 Å². The number of carbonyl (C=O) groups excluding carboxylic acids is 1. The third-order valence-electron chi connectivity index (χ3n) is 5.58. The molecule has 4 aromatic rings. The molecule has 0 saturated carbocycles. The summed E-state index contributed by atoms with van der Waals surface area (Å²) < 4.78 is 5.49. The number of fused-ring (bicyclic) bond motifs is 2. The second kappa shape index (κ2) is 7.81. The highest BCUT2D eigenvalue weighted by molar-refractivity contribution is 6.03. The van der Waals surface area contributed by atoms with Crippen molar-refractivity contribution < 1.29 is 14.3 Å². The van der Waals surface area contributed by atoms with E-state index in [1.165, 1.54) is 0 Å². The van der Waals surface area contributed by atoms with E-state index in [0.717, 1.165) is 10.8 Å². The summed E-state index contributed by atoms with van der Waals surface area (Å²) in [5.41, 5.74) is 1.34. The molecule has 0 saturated heterocycles. The third kappa shape index (κ3) is 3.56. The van der Waals surface area contributed by atoms with Crippen LogP contribution in [-0.4, -0.2) is 16.0 Å². The number of phenolic OH excluding ortho intramolecular Hbond substituents is 1. The summed E-state index contributed by atoms with van der Waals surface area (Å²) in [6, 6.07) is 17.7. The molecule has 3 aromatic carbocycles. The number of hydrogen-bond acceptors (Lipinski definition) is 5. The number of aromatic nitrogens is 1. The number of para-hydroxylation sites is 1. The zero-order chi connectivity index (χ0) is 22.2. The van der Waals surface area contributed by atoms with Gasteiger partial charge in [-0.25, -0.2) is 9.78 Å². The SMILES string of the molecule is CC1C=CC(c2nc3ccccc3c(=O)o2)=C(NC(=O)c2cc3ccccc3cc2O)C1. The zero-order valence-electron chi connectivity index (χ0n) is 17.3. The van der Waals surface area contributed by atoms with E-state index in [0.29, 0.717) is 28.6 Å². The Morgan fingerprint density at radius 3 is 2.62 bits per heavy atom. The number of allylic oxidation sites excluding steroid dienone is 4. The van der Waals surface area contributed by atoms with Gasteiger partial charge in [-0.3, -0.25) is 4.79 Å². The van der Waals surface area contributed by atoms with Crippen LogP contribution in [0.1, 0.15) is 29.6 Å². The summed E-state index contributed by atoms with van der Waals surface area (Å²) >= 11 is 0. The van der Waals surface area contributed by atoms with Gasteiger partial charge in [-0.1, -0.05) is 55.5 Å². The monoisotopic (exact) mass is 424 g/mol. The highest BCUT2D eigenvalue weighted by Gasteiger charge is 2.22. The standard InChI is InChI=1S/C26H20N2O4/c1-15-10-11-18(25-28-21-9-5-4-8-19(21)26(31)32-25)22(12-15)27-24(30)20-13-16-6-2-3-7-17(16)14-23(20)29/h2-11,13-15,29H,12H2,1H3,(H,27,30). The van der Waals surface area contributed by atoms with Gasteiger partial charge in [-0.2, -0.15) is 0 Å². The lowest BCUT2D eigenvalue weighted by molar-refractivity contribution is 0.0961.